The van der Waals surface area contributed by atoms with E-state index in [2.05, 4.69) is 20.5 Å². The van der Waals surface area contributed by atoms with Crippen molar-refractivity contribution in [3.8, 4) is 6.07 Å². The number of halogens is 1. The molecule has 3 aromatic rings. The highest BCUT2D eigenvalue weighted by molar-refractivity contribution is 6.30. The van der Waals surface area contributed by atoms with E-state index in [1.54, 1.807) is 0 Å². The number of fused-ring (bicyclic) bond motifs is 1. The molecule has 0 aliphatic carbocycles. The lowest BCUT2D eigenvalue weighted by Gasteiger charge is -2.42. The Labute approximate surface area is 192 Å². The van der Waals surface area contributed by atoms with Crippen LogP contribution in [0.5, 0.6) is 0 Å². The molecule has 2 aromatic carbocycles. The average Bonchev–Trinajstić information content (AvgIpc) is 3.20. The van der Waals surface area contributed by atoms with Crippen LogP contribution in [0.25, 0.3) is 0 Å². The Balaban J connectivity index is 1.38. The fourth-order valence-corrected chi connectivity index (χ4v) is 5.24. The summed E-state index contributed by atoms with van der Waals surface area (Å²) in [5.74, 6) is 1.07. The van der Waals surface area contributed by atoms with Gasteiger partial charge >= 0.3 is 0 Å². The van der Waals surface area contributed by atoms with Crippen LogP contribution in [0.4, 0.5) is 5.69 Å². The SMILES string of the molecule is Cc1ncc2n1C(c1ccc(C#N)cc1)CCC2N1CCN(c2cccc(Cl)c2)C(=O)C1. The van der Waals surface area contributed by atoms with Crippen LogP contribution < -0.4 is 4.90 Å². The second kappa shape index (κ2) is 8.42. The molecule has 1 fully saturated rings. The van der Waals surface area contributed by atoms with Gasteiger partial charge in [0, 0.05) is 23.8 Å². The first-order chi connectivity index (χ1) is 15.5. The Hall–Kier alpha value is -3.14. The number of imidazole rings is 1. The zero-order valence-corrected chi connectivity index (χ0v) is 18.7. The standard InChI is InChI=1S/C25H24ClN5O/c1-17-28-15-24-23(10-9-22(31(17)24)19-7-5-18(14-27)6-8-19)29-11-12-30(25(32)16-29)21-4-2-3-20(26)13-21/h2-8,13,15,22-23H,9-12,16H2,1H3. The summed E-state index contributed by atoms with van der Waals surface area (Å²) in [6.07, 6.45) is 3.88. The smallest absolute Gasteiger partial charge is 0.241 e. The number of amides is 1. The molecule has 0 spiro atoms. The fourth-order valence-electron chi connectivity index (χ4n) is 5.06. The second-order valence-electron chi connectivity index (χ2n) is 8.44. The van der Waals surface area contributed by atoms with Crippen LogP contribution in [0.3, 0.4) is 0 Å². The summed E-state index contributed by atoms with van der Waals surface area (Å²) < 4.78 is 2.31. The van der Waals surface area contributed by atoms with Gasteiger partial charge in [-0.2, -0.15) is 5.26 Å². The highest BCUT2D eigenvalue weighted by atomic mass is 35.5. The maximum Gasteiger partial charge on any atom is 0.241 e. The van der Waals surface area contributed by atoms with Crippen molar-refractivity contribution in [1.29, 1.82) is 5.26 Å². The van der Waals surface area contributed by atoms with E-state index in [-0.39, 0.29) is 18.0 Å². The number of aromatic nitrogens is 2. The van der Waals surface area contributed by atoms with Crippen LogP contribution in [-0.4, -0.2) is 40.0 Å². The van der Waals surface area contributed by atoms with Crippen LogP contribution >= 0.6 is 11.6 Å². The predicted octanol–water partition coefficient (Wildman–Crippen LogP) is 4.49. The number of aryl methyl sites for hydroxylation is 1. The molecule has 2 aliphatic rings. The van der Waals surface area contributed by atoms with Gasteiger partial charge in [0.1, 0.15) is 5.82 Å². The third-order valence-electron chi connectivity index (χ3n) is 6.61. The summed E-state index contributed by atoms with van der Waals surface area (Å²) in [5.41, 5.74) is 3.87. The molecule has 1 saturated heterocycles. The van der Waals surface area contributed by atoms with E-state index in [1.807, 2.05) is 66.6 Å². The number of anilines is 1. The van der Waals surface area contributed by atoms with Gasteiger partial charge in [-0.1, -0.05) is 29.8 Å². The first-order valence-corrected chi connectivity index (χ1v) is 11.3. The largest absolute Gasteiger partial charge is 0.323 e. The molecule has 0 radical (unpaired) electrons. The molecule has 6 nitrogen and oxygen atoms in total. The van der Waals surface area contributed by atoms with Gasteiger partial charge in [0.2, 0.25) is 5.91 Å². The number of nitriles is 1. The number of carbonyl (C=O) groups excluding carboxylic acids is 1. The minimum atomic E-state index is 0.0931. The predicted molar refractivity (Wildman–Crippen MR) is 124 cm³/mol. The lowest BCUT2D eigenvalue weighted by molar-refractivity contribution is -0.122. The lowest BCUT2D eigenvalue weighted by Crippen LogP contribution is -2.52. The van der Waals surface area contributed by atoms with E-state index in [1.165, 1.54) is 5.56 Å². The summed E-state index contributed by atoms with van der Waals surface area (Å²) in [6, 6.07) is 17.9. The van der Waals surface area contributed by atoms with E-state index >= 15 is 0 Å². The molecule has 2 atom stereocenters. The molecule has 1 aromatic heterocycles. The molecule has 2 unspecified atom stereocenters. The third kappa shape index (κ3) is 3.68. The molecule has 7 heteroatoms. The van der Waals surface area contributed by atoms with E-state index in [9.17, 15) is 4.79 Å². The summed E-state index contributed by atoms with van der Waals surface area (Å²) in [6.45, 7) is 3.85. The lowest BCUT2D eigenvalue weighted by atomic mass is 9.91. The van der Waals surface area contributed by atoms with E-state index < -0.39 is 0 Å². The molecule has 1 amide bonds. The summed E-state index contributed by atoms with van der Waals surface area (Å²) in [4.78, 5) is 21.7. The van der Waals surface area contributed by atoms with Crippen LogP contribution in [0.1, 0.15) is 47.6 Å². The van der Waals surface area contributed by atoms with Gasteiger partial charge in [-0.3, -0.25) is 9.69 Å². The first kappa shape index (κ1) is 20.7. The molecule has 5 rings (SSSR count). The van der Waals surface area contributed by atoms with Gasteiger partial charge in [-0.25, -0.2) is 4.98 Å². The molecule has 2 aliphatic heterocycles. The van der Waals surface area contributed by atoms with Gasteiger partial charge in [-0.05, 0) is 55.7 Å². The maximum atomic E-state index is 13.0. The van der Waals surface area contributed by atoms with Crippen molar-refractivity contribution in [3.63, 3.8) is 0 Å². The molecule has 32 heavy (non-hydrogen) atoms. The maximum absolute atomic E-state index is 13.0. The van der Waals surface area contributed by atoms with Gasteiger partial charge in [-0.15, -0.1) is 0 Å². The molecule has 0 bridgehead atoms. The number of hydrogen-bond acceptors (Lipinski definition) is 4. The number of hydrogen-bond donors (Lipinski definition) is 0. The van der Waals surface area contributed by atoms with Crippen molar-refractivity contribution in [3.05, 3.63) is 82.4 Å². The van der Waals surface area contributed by atoms with Gasteiger partial charge in [0.25, 0.3) is 0 Å². The van der Waals surface area contributed by atoms with Crippen molar-refractivity contribution < 1.29 is 4.79 Å². The monoisotopic (exact) mass is 445 g/mol. The first-order valence-electron chi connectivity index (χ1n) is 10.9. The Morgan fingerprint density at radius 3 is 2.59 bits per heavy atom. The van der Waals surface area contributed by atoms with Gasteiger partial charge in [0.05, 0.1) is 42.2 Å². The van der Waals surface area contributed by atoms with Crippen molar-refractivity contribution in [1.82, 2.24) is 14.5 Å². The minimum absolute atomic E-state index is 0.0931. The quantitative estimate of drug-likeness (QED) is 0.595. The van der Waals surface area contributed by atoms with Gasteiger partial charge in [0.15, 0.2) is 0 Å². The topological polar surface area (TPSA) is 65.2 Å². The molecule has 0 N–H and O–H groups in total. The molecular formula is C25H24ClN5O. The minimum Gasteiger partial charge on any atom is -0.323 e. The van der Waals surface area contributed by atoms with Crippen LogP contribution in [0.2, 0.25) is 5.02 Å². The summed E-state index contributed by atoms with van der Waals surface area (Å²) in [7, 11) is 0. The number of rotatable bonds is 3. The third-order valence-corrected chi connectivity index (χ3v) is 6.85. The number of carbonyl (C=O) groups is 1. The van der Waals surface area contributed by atoms with Crippen molar-refractivity contribution in [2.24, 2.45) is 0 Å². The zero-order chi connectivity index (χ0) is 22.2. The van der Waals surface area contributed by atoms with Gasteiger partial charge < -0.3 is 9.47 Å². The highest BCUT2D eigenvalue weighted by Crippen LogP contribution is 2.40. The zero-order valence-electron chi connectivity index (χ0n) is 17.9. The van der Waals surface area contributed by atoms with Crippen molar-refractivity contribution >= 4 is 23.2 Å². The number of benzene rings is 2. The van der Waals surface area contributed by atoms with E-state index in [0.717, 1.165) is 36.6 Å². The normalized spacial score (nSPS) is 21.3. The Kier molecular flexibility index (Phi) is 5.46. The highest BCUT2D eigenvalue weighted by Gasteiger charge is 2.36. The number of nitrogens with zero attached hydrogens (tertiary/aromatic N) is 5. The summed E-state index contributed by atoms with van der Waals surface area (Å²) in [5, 5.41) is 9.74. The Bertz CT molecular complexity index is 1200. The average molecular weight is 446 g/mol. The van der Waals surface area contributed by atoms with Crippen LogP contribution in [-0.2, 0) is 4.79 Å². The van der Waals surface area contributed by atoms with Crippen LogP contribution in [0.15, 0.2) is 54.7 Å². The second-order valence-corrected chi connectivity index (χ2v) is 8.88. The molecule has 162 valence electrons. The fraction of sp³-hybridized carbons (Fsp3) is 0.320. The Morgan fingerprint density at radius 1 is 1.09 bits per heavy atom. The Morgan fingerprint density at radius 2 is 1.88 bits per heavy atom. The molecule has 0 saturated carbocycles. The molecular weight excluding hydrogens is 422 g/mol. The molecule has 3 heterocycles. The van der Waals surface area contributed by atoms with E-state index in [4.69, 9.17) is 16.9 Å². The summed E-state index contributed by atoms with van der Waals surface area (Å²) >= 11 is 6.13. The number of piperazine rings is 1. The van der Waals surface area contributed by atoms with E-state index in [0.29, 0.717) is 23.7 Å². The van der Waals surface area contributed by atoms with Crippen LogP contribution in [0, 0.1) is 18.3 Å². The van der Waals surface area contributed by atoms with Crippen molar-refractivity contribution in [2.75, 3.05) is 24.5 Å². The van der Waals surface area contributed by atoms with Crippen molar-refractivity contribution in [2.45, 2.75) is 31.8 Å².